The molecule has 0 fully saturated rings. The average Bonchev–Trinajstić information content (AvgIpc) is 2.33. The van der Waals surface area contributed by atoms with Crippen LogP contribution >= 0.6 is 0 Å². The van der Waals surface area contributed by atoms with Gasteiger partial charge in [-0.05, 0) is 26.0 Å². The molecule has 0 spiro atoms. The Morgan fingerprint density at radius 2 is 1.95 bits per heavy atom. The van der Waals surface area contributed by atoms with Gasteiger partial charge in [-0.25, -0.2) is 10.8 Å². The number of hydrazine groups is 1. The van der Waals surface area contributed by atoms with Crippen molar-refractivity contribution in [2.24, 2.45) is 5.84 Å². The van der Waals surface area contributed by atoms with Crippen LogP contribution in [-0.4, -0.2) is 24.2 Å². The van der Waals surface area contributed by atoms with Crippen LogP contribution in [0.2, 0.25) is 0 Å². The zero-order chi connectivity index (χ0) is 14.5. The normalized spacial score (nSPS) is 11.7. The summed E-state index contributed by atoms with van der Waals surface area (Å²) in [6.45, 7) is 4.48. The van der Waals surface area contributed by atoms with Crippen LogP contribution < -0.4 is 16.6 Å². The largest absolute Gasteiger partial charge is 0.416 e. The van der Waals surface area contributed by atoms with Crippen LogP contribution in [0.3, 0.4) is 0 Å². The van der Waals surface area contributed by atoms with E-state index in [4.69, 9.17) is 10.6 Å². The molecule has 1 aromatic rings. The van der Waals surface area contributed by atoms with E-state index >= 15 is 0 Å². The fourth-order valence-electron chi connectivity index (χ4n) is 1.33. The molecule has 0 radical (unpaired) electrons. The highest BCUT2D eigenvalue weighted by Gasteiger charge is 2.31. The van der Waals surface area contributed by atoms with E-state index < -0.39 is 11.7 Å². The molecule has 0 aliphatic carbocycles. The van der Waals surface area contributed by atoms with Crippen molar-refractivity contribution in [2.45, 2.75) is 26.1 Å². The summed E-state index contributed by atoms with van der Waals surface area (Å²) in [6.07, 6.45) is -4.38. The number of alkyl halides is 3. The molecule has 0 amide bonds. The highest BCUT2D eigenvalue weighted by atomic mass is 19.4. The molecule has 0 saturated carbocycles. The lowest BCUT2D eigenvalue weighted by Gasteiger charge is -2.13. The van der Waals surface area contributed by atoms with Gasteiger partial charge in [-0.15, -0.1) is 0 Å². The number of hydrogen-bond donors (Lipinski definition) is 3. The molecule has 1 rings (SSSR count). The SMILES string of the molecule is CC(C)OCCNc1cc(C(F)(F)F)cc(NN)n1. The quantitative estimate of drug-likeness (QED) is 0.423. The minimum Gasteiger partial charge on any atom is -0.377 e. The van der Waals surface area contributed by atoms with Gasteiger partial charge in [0.15, 0.2) is 0 Å². The highest BCUT2D eigenvalue weighted by molar-refractivity contribution is 5.49. The predicted molar refractivity (Wildman–Crippen MR) is 66.6 cm³/mol. The summed E-state index contributed by atoms with van der Waals surface area (Å²) in [5.74, 6) is 5.13. The number of nitrogens with zero attached hydrogens (tertiary/aromatic N) is 1. The fourth-order valence-corrected chi connectivity index (χ4v) is 1.33. The molecule has 5 nitrogen and oxygen atoms in total. The number of nitrogen functional groups attached to an aromatic ring is 1. The van der Waals surface area contributed by atoms with Crippen LogP contribution in [0.25, 0.3) is 0 Å². The molecule has 0 aliphatic heterocycles. The van der Waals surface area contributed by atoms with E-state index in [9.17, 15) is 13.2 Å². The van der Waals surface area contributed by atoms with Gasteiger partial charge in [0.2, 0.25) is 0 Å². The van der Waals surface area contributed by atoms with Crippen LogP contribution in [0.15, 0.2) is 12.1 Å². The van der Waals surface area contributed by atoms with Gasteiger partial charge in [0.25, 0.3) is 0 Å². The van der Waals surface area contributed by atoms with E-state index in [1.54, 1.807) is 0 Å². The third-order valence-corrected chi connectivity index (χ3v) is 2.16. The summed E-state index contributed by atoms with van der Waals surface area (Å²) in [7, 11) is 0. The van der Waals surface area contributed by atoms with Gasteiger partial charge in [-0.2, -0.15) is 13.2 Å². The van der Waals surface area contributed by atoms with Gasteiger partial charge in [-0.1, -0.05) is 0 Å². The van der Waals surface area contributed by atoms with Crippen molar-refractivity contribution in [3.8, 4) is 0 Å². The van der Waals surface area contributed by atoms with E-state index in [2.05, 4.69) is 15.7 Å². The molecular weight excluding hydrogens is 261 g/mol. The Bertz CT molecular complexity index is 409. The molecule has 0 unspecified atom stereocenters. The molecule has 0 aliphatic rings. The van der Waals surface area contributed by atoms with Crippen LogP contribution in [0.4, 0.5) is 24.8 Å². The first kappa shape index (κ1) is 15.5. The lowest BCUT2D eigenvalue weighted by molar-refractivity contribution is -0.137. The molecule has 1 heterocycles. The number of aromatic nitrogens is 1. The Balaban J connectivity index is 2.72. The molecule has 0 bridgehead atoms. The predicted octanol–water partition coefficient (Wildman–Crippen LogP) is 2.22. The molecule has 4 N–H and O–H groups in total. The summed E-state index contributed by atoms with van der Waals surface area (Å²) < 4.78 is 43.2. The smallest absolute Gasteiger partial charge is 0.377 e. The zero-order valence-electron chi connectivity index (χ0n) is 10.7. The van der Waals surface area contributed by atoms with Crippen LogP contribution in [0, 0.1) is 0 Å². The average molecular weight is 278 g/mol. The Morgan fingerprint density at radius 1 is 1.32 bits per heavy atom. The molecule has 0 aromatic carbocycles. The van der Waals surface area contributed by atoms with Gasteiger partial charge in [0.1, 0.15) is 11.6 Å². The van der Waals surface area contributed by atoms with Crippen molar-refractivity contribution in [1.29, 1.82) is 0 Å². The number of hydrogen-bond acceptors (Lipinski definition) is 5. The first-order chi connectivity index (χ1) is 8.82. The number of anilines is 2. The highest BCUT2D eigenvalue weighted by Crippen LogP contribution is 2.31. The standard InChI is InChI=1S/C11H17F3N4O/c1-7(2)19-4-3-16-9-5-8(11(12,13)14)6-10(17-9)18-15/h5-7H,3-4,15H2,1-2H3,(H2,16,17,18). The monoisotopic (exact) mass is 278 g/mol. The fraction of sp³-hybridized carbons (Fsp3) is 0.545. The lowest BCUT2D eigenvalue weighted by Crippen LogP contribution is -2.16. The summed E-state index contributed by atoms with van der Waals surface area (Å²) >= 11 is 0. The summed E-state index contributed by atoms with van der Waals surface area (Å²) in [4.78, 5) is 3.88. The number of nitrogens with two attached hydrogens (primary N) is 1. The van der Waals surface area contributed by atoms with Crippen LogP contribution in [0.5, 0.6) is 0 Å². The first-order valence-electron chi connectivity index (χ1n) is 5.74. The molecule has 19 heavy (non-hydrogen) atoms. The third-order valence-electron chi connectivity index (χ3n) is 2.16. The topological polar surface area (TPSA) is 72.2 Å². The molecule has 0 atom stereocenters. The molecule has 1 aromatic heterocycles. The molecule has 8 heteroatoms. The van der Waals surface area contributed by atoms with E-state index in [-0.39, 0.29) is 17.7 Å². The molecule has 0 saturated heterocycles. The minimum absolute atomic E-state index is 0.0536. The maximum absolute atomic E-state index is 12.6. The van der Waals surface area contributed by atoms with E-state index in [1.807, 2.05) is 13.8 Å². The van der Waals surface area contributed by atoms with Crippen LogP contribution in [0.1, 0.15) is 19.4 Å². The van der Waals surface area contributed by atoms with Crippen molar-refractivity contribution in [3.05, 3.63) is 17.7 Å². The Morgan fingerprint density at radius 3 is 2.47 bits per heavy atom. The molecule has 108 valence electrons. The van der Waals surface area contributed by atoms with E-state index in [1.165, 1.54) is 0 Å². The minimum atomic E-state index is -4.45. The van der Waals surface area contributed by atoms with Gasteiger partial charge in [0, 0.05) is 6.54 Å². The van der Waals surface area contributed by atoms with Crippen molar-refractivity contribution < 1.29 is 17.9 Å². The van der Waals surface area contributed by atoms with Gasteiger partial charge >= 0.3 is 6.18 Å². The second-order valence-electron chi connectivity index (χ2n) is 4.11. The maximum Gasteiger partial charge on any atom is 0.416 e. The number of nitrogens with one attached hydrogen (secondary N) is 2. The second-order valence-corrected chi connectivity index (χ2v) is 4.11. The number of pyridine rings is 1. The van der Waals surface area contributed by atoms with E-state index in [0.29, 0.717) is 13.2 Å². The van der Waals surface area contributed by atoms with Crippen molar-refractivity contribution in [2.75, 3.05) is 23.9 Å². The lowest BCUT2D eigenvalue weighted by atomic mass is 10.2. The van der Waals surface area contributed by atoms with Crippen molar-refractivity contribution in [3.63, 3.8) is 0 Å². The Labute approximate surface area is 109 Å². The van der Waals surface area contributed by atoms with Gasteiger partial charge < -0.3 is 15.5 Å². The van der Waals surface area contributed by atoms with Crippen LogP contribution in [-0.2, 0) is 10.9 Å². The second kappa shape index (κ2) is 6.58. The molecular formula is C11H17F3N4O. The summed E-state index contributed by atoms with van der Waals surface area (Å²) in [5.41, 5.74) is 1.29. The summed E-state index contributed by atoms with van der Waals surface area (Å²) in [5, 5.41) is 2.76. The van der Waals surface area contributed by atoms with Gasteiger partial charge in [-0.3, -0.25) is 0 Å². The number of halogens is 3. The third kappa shape index (κ3) is 5.31. The van der Waals surface area contributed by atoms with Crippen molar-refractivity contribution in [1.82, 2.24) is 4.98 Å². The zero-order valence-corrected chi connectivity index (χ0v) is 10.7. The van der Waals surface area contributed by atoms with E-state index in [0.717, 1.165) is 12.1 Å². The van der Waals surface area contributed by atoms with Gasteiger partial charge in [0.05, 0.1) is 18.3 Å². The first-order valence-corrected chi connectivity index (χ1v) is 5.74. The Kier molecular flexibility index (Phi) is 5.37. The summed E-state index contributed by atoms with van der Waals surface area (Å²) in [6, 6.07) is 1.77. The Hall–Kier alpha value is -1.54. The number of rotatable bonds is 6. The maximum atomic E-state index is 12.6. The van der Waals surface area contributed by atoms with Crippen molar-refractivity contribution >= 4 is 11.6 Å². The number of ether oxygens (including phenoxy) is 1.